The first-order chi connectivity index (χ1) is 26.2. The molecule has 2 N–H and O–H groups in total. The summed E-state index contributed by atoms with van der Waals surface area (Å²) in [5.74, 6) is 0. The van der Waals surface area contributed by atoms with Crippen molar-refractivity contribution in [2.75, 3.05) is 13.1 Å². The third kappa shape index (κ3) is 20.2. The standard InChI is InChI=1S/C50H84N3/c1-4-6-8-10-12-14-16-18-20-22-24-26-28-32-43-51-47-37-41-50(42-38-47,40-36-46-39-45-53(3)49-35-31-30-34-48(46)49)52-44-33-29-27-25-23-21-19-17-15-13-11-9-7-5-2/h30-31,34-41,45,51-52H,4-29,32-33,42-44H2,1-3H3/q+1. The van der Waals surface area contributed by atoms with Crippen molar-refractivity contribution < 1.29 is 4.57 Å². The summed E-state index contributed by atoms with van der Waals surface area (Å²) in [4.78, 5) is 0. The Morgan fingerprint density at radius 3 is 1.55 bits per heavy atom. The number of nitrogens with one attached hydrogen (secondary N) is 2. The topological polar surface area (TPSA) is 27.9 Å². The quantitative estimate of drug-likeness (QED) is 0.0555. The zero-order valence-corrected chi connectivity index (χ0v) is 35.2. The van der Waals surface area contributed by atoms with Crippen LogP contribution in [0.1, 0.15) is 206 Å². The number of unbranched alkanes of at least 4 members (excludes halogenated alkanes) is 26. The number of pyridine rings is 1. The van der Waals surface area contributed by atoms with Crippen LogP contribution in [0.3, 0.4) is 0 Å². The molecule has 0 aliphatic heterocycles. The monoisotopic (exact) mass is 727 g/mol. The van der Waals surface area contributed by atoms with Gasteiger partial charge >= 0.3 is 0 Å². The molecule has 1 aliphatic carbocycles. The van der Waals surface area contributed by atoms with E-state index in [4.69, 9.17) is 0 Å². The van der Waals surface area contributed by atoms with E-state index in [0.29, 0.717) is 0 Å². The second-order valence-corrected chi connectivity index (χ2v) is 16.5. The van der Waals surface area contributed by atoms with Crippen molar-refractivity contribution in [3.8, 4) is 0 Å². The van der Waals surface area contributed by atoms with Gasteiger partial charge in [-0.25, -0.2) is 4.57 Å². The van der Waals surface area contributed by atoms with Gasteiger partial charge in [0.15, 0.2) is 6.20 Å². The van der Waals surface area contributed by atoms with Gasteiger partial charge in [0.1, 0.15) is 7.05 Å². The minimum atomic E-state index is -0.143. The molecule has 2 aromatic rings. The van der Waals surface area contributed by atoms with E-state index in [0.717, 1.165) is 19.5 Å². The van der Waals surface area contributed by atoms with Crippen LogP contribution in [0.4, 0.5) is 0 Å². The number of para-hydroxylation sites is 1. The summed E-state index contributed by atoms with van der Waals surface area (Å²) in [7, 11) is 2.14. The average molecular weight is 727 g/mol. The van der Waals surface area contributed by atoms with Crippen molar-refractivity contribution in [2.45, 2.75) is 206 Å². The lowest BCUT2D eigenvalue weighted by molar-refractivity contribution is -0.644. The van der Waals surface area contributed by atoms with Gasteiger partial charge in [-0.1, -0.05) is 217 Å². The first-order valence-electron chi connectivity index (χ1n) is 23.1. The van der Waals surface area contributed by atoms with Gasteiger partial charge in [0, 0.05) is 24.4 Å². The fourth-order valence-electron chi connectivity index (χ4n) is 8.06. The van der Waals surface area contributed by atoms with Gasteiger partial charge in [-0.2, -0.15) is 0 Å². The van der Waals surface area contributed by atoms with E-state index in [-0.39, 0.29) is 5.54 Å². The van der Waals surface area contributed by atoms with Crippen LogP contribution in [-0.4, -0.2) is 18.6 Å². The highest BCUT2D eigenvalue weighted by Crippen LogP contribution is 2.25. The lowest BCUT2D eigenvalue weighted by Gasteiger charge is -2.31. The minimum absolute atomic E-state index is 0.143. The number of benzene rings is 1. The molecule has 1 aliphatic rings. The zero-order valence-electron chi connectivity index (χ0n) is 35.2. The van der Waals surface area contributed by atoms with Gasteiger partial charge < -0.3 is 10.6 Å². The Morgan fingerprint density at radius 1 is 0.585 bits per heavy atom. The lowest BCUT2D eigenvalue weighted by Crippen LogP contribution is -2.43. The molecule has 1 aromatic heterocycles. The van der Waals surface area contributed by atoms with Crippen molar-refractivity contribution >= 4 is 17.0 Å². The van der Waals surface area contributed by atoms with Gasteiger partial charge in [-0.05, 0) is 43.5 Å². The Hall–Kier alpha value is -2.39. The number of rotatable bonds is 34. The summed E-state index contributed by atoms with van der Waals surface area (Å²) in [6, 6.07) is 11.0. The molecule has 0 radical (unpaired) electrons. The van der Waals surface area contributed by atoms with E-state index in [1.54, 1.807) is 0 Å². The smallest absolute Gasteiger partial charge is 0.212 e. The summed E-state index contributed by atoms with van der Waals surface area (Å²) in [5.41, 5.74) is 3.71. The van der Waals surface area contributed by atoms with Crippen LogP contribution in [0.15, 0.2) is 66.5 Å². The van der Waals surface area contributed by atoms with Gasteiger partial charge in [-0.15, -0.1) is 0 Å². The molecule has 0 amide bonds. The molecule has 3 heteroatoms. The Kier molecular flexibility index (Phi) is 25.4. The Bertz CT molecular complexity index is 1270. The lowest BCUT2D eigenvalue weighted by atomic mass is 9.88. The highest BCUT2D eigenvalue weighted by molar-refractivity contribution is 5.85. The number of hydrogen-bond acceptors (Lipinski definition) is 2. The zero-order chi connectivity index (χ0) is 37.5. The summed E-state index contributed by atoms with van der Waals surface area (Å²) in [5, 5.41) is 9.06. The number of hydrogen-bond donors (Lipinski definition) is 2. The Balaban J connectivity index is 1.35. The summed E-state index contributed by atoms with van der Waals surface area (Å²) in [6.45, 7) is 6.75. The SMILES string of the molecule is CCCCCCCCCCCCCCCCNC1=CCC(C=Cc2cc[n+](C)c3ccccc23)(NCCCCCCCCCCCCCCCC)C=C1. The third-order valence-corrected chi connectivity index (χ3v) is 11.7. The predicted molar refractivity (Wildman–Crippen MR) is 235 cm³/mol. The molecular weight excluding hydrogens is 643 g/mol. The van der Waals surface area contributed by atoms with E-state index in [9.17, 15) is 0 Å². The molecule has 1 atom stereocenters. The molecule has 1 aromatic carbocycles. The summed E-state index contributed by atoms with van der Waals surface area (Å²) in [6.07, 6.45) is 54.5. The van der Waals surface area contributed by atoms with E-state index in [1.165, 1.54) is 202 Å². The highest BCUT2D eigenvalue weighted by Gasteiger charge is 2.25. The Labute approximate surface area is 329 Å². The minimum Gasteiger partial charge on any atom is -0.385 e. The normalized spacial score (nSPS) is 15.9. The van der Waals surface area contributed by atoms with E-state index < -0.39 is 0 Å². The molecule has 0 bridgehead atoms. The average Bonchev–Trinajstić information content (AvgIpc) is 3.18. The number of nitrogens with zero attached hydrogens (tertiary/aromatic N) is 1. The molecule has 0 fully saturated rings. The van der Waals surface area contributed by atoms with Gasteiger partial charge in [0.25, 0.3) is 0 Å². The maximum absolute atomic E-state index is 4.00. The van der Waals surface area contributed by atoms with E-state index >= 15 is 0 Å². The van der Waals surface area contributed by atoms with Crippen molar-refractivity contribution in [1.82, 2.24) is 10.6 Å². The molecule has 3 rings (SSSR count). The first kappa shape index (κ1) is 45.0. The largest absolute Gasteiger partial charge is 0.385 e. The van der Waals surface area contributed by atoms with E-state index in [2.05, 4.69) is 103 Å². The van der Waals surface area contributed by atoms with Crippen LogP contribution in [0.25, 0.3) is 17.0 Å². The van der Waals surface area contributed by atoms with Crippen molar-refractivity contribution in [1.29, 1.82) is 0 Å². The molecule has 298 valence electrons. The van der Waals surface area contributed by atoms with Gasteiger partial charge in [-0.3, -0.25) is 0 Å². The maximum Gasteiger partial charge on any atom is 0.212 e. The first-order valence-corrected chi connectivity index (χ1v) is 23.1. The highest BCUT2D eigenvalue weighted by atomic mass is 15.0. The molecule has 0 spiro atoms. The molecule has 1 heterocycles. The van der Waals surface area contributed by atoms with Gasteiger partial charge in [0.2, 0.25) is 5.52 Å². The van der Waals surface area contributed by atoms with Crippen molar-refractivity contribution in [3.63, 3.8) is 0 Å². The summed E-state index contributed by atoms with van der Waals surface area (Å²) < 4.78 is 2.22. The molecule has 3 nitrogen and oxygen atoms in total. The fourth-order valence-corrected chi connectivity index (χ4v) is 8.06. The summed E-state index contributed by atoms with van der Waals surface area (Å²) >= 11 is 0. The van der Waals surface area contributed by atoms with Crippen molar-refractivity contribution in [2.24, 2.45) is 7.05 Å². The molecular formula is C50H84N3+. The van der Waals surface area contributed by atoms with Crippen LogP contribution in [0, 0.1) is 0 Å². The Morgan fingerprint density at radius 2 is 1.06 bits per heavy atom. The third-order valence-electron chi connectivity index (χ3n) is 11.7. The molecule has 0 saturated heterocycles. The van der Waals surface area contributed by atoms with Crippen LogP contribution in [0.5, 0.6) is 0 Å². The number of aromatic nitrogens is 1. The number of aryl methyl sites for hydroxylation is 1. The second kappa shape index (κ2) is 29.9. The van der Waals surface area contributed by atoms with Crippen LogP contribution >= 0.6 is 0 Å². The maximum atomic E-state index is 4.00. The number of allylic oxidation sites excluding steroid dienone is 1. The number of fused-ring (bicyclic) bond motifs is 1. The fraction of sp³-hybridized carbons (Fsp3) is 0.700. The molecule has 53 heavy (non-hydrogen) atoms. The molecule has 1 unspecified atom stereocenters. The predicted octanol–water partition coefficient (Wildman–Crippen LogP) is 14.4. The van der Waals surface area contributed by atoms with Crippen molar-refractivity contribution in [3.05, 3.63) is 72.1 Å². The van der Waals surface area contributed by atoms with Crippen LogP contribution < -0.4 is 15.2 Å². The van der Waals surface area contributed by atoms with E-state index in [1.807, 2.05) is 0 Å². The van der Waals surface area contributed by atoms with Gasteiger partial charge in [0.05, 0.1) is 10.9 Å². The van der Waals surface area contributed by atoms with Crippen LogP contribution in [-0.2, 0) is 7.05 Å². The second-order valence-electron chi connectivity index (χ2n) is 16.5. The molecule has 0 saturated carbocycles. The van der Waals surface area contributed by atoms with Crippen LogP contribution in [0.2, 0.25) is 0 Å².